The van der Waals surface area contributed by atoms with Crippen molar-refractivity contribution in [2.45, 2.75) is 6.92 Å². The smallest absolute Gasteiger partial charge is 0.169 e. The Morgan fingerprint density at radius 1 is 1.10 bits per heavy atom. The molecule has 3 N–H and O–H groups in total. The number of H-pyrrole nitrogens is 3. The second kappa shape index (κ2) is 6.71. The van der Waals surface area contributed by atoms with Crippen molar-refractivity contribution < 1.29 is 4.79 Å². The molecule has 0 saturated carbocycles. The number of Topliss-reactive ketones (excluding diaryl/α,β-unsaturated/α-hetero) is 1. The van der Waals surface area contributed by atoms with Gasteiger partial charge in [-0.25, -0.2) is 9.97 Å². The summed E-state index contributed by atoms with van der Waals surface area (Å²) in [6.45, 7) is 1.57. The predicted molar refractivity (Wildman–Crippen MR) is 120 cm³/mol. The maximum atomic E-state index is 11.7. The molecule has 0 aliphatic heterocycles. The van der Waals surface area contributed by atoms with Crippen LogP contribution in [0.25, 0.3) is 55.2 Å². The van der Waals surface area contributed by atoms with E-state index < -0.39 is 0 Å². The SMILES string of the molecule is CC(=O)c1ccc(-c2ccnc3[nH]c(-c4n[nH]c5ccc(-c6cn[nH]c6)cc45)nc23)s1. The second-order valence-corrected chi connectivity index (χ2v) is 8.26. The van der Waals surface area contributed by atoms with Crippen LogP contribution in [0.4, 0.5) is 0 Å². The van der Waals surface area contributed by atoms with Crippen molar-refractivity contribution >= 4 is 39.2 Å². The predicted octanol–water partition coefficient (Wildman–Crippen LogP) is 4.82. The largest absolute Gasteiger partial charge is 0.321 e. The van der Waals surface area contributed by atoms with Gasteiger partial charge in [0.2, 0.25) is 0 Å². The number of benzene rings is 1. The Hall–Kier alpha value is -4.11. The first-order chi connectivity index (χ1) is 15.2. The molecular weight excluding hydrogens is 410 g/mol. The monoisotopic (exact) mass is 425 g/mol. The molecule has 1 aromatic carbocycles. The molecule has 0 atom stereocenters. The lowest BCUT2D eigenvalue weighted by molar-refractivity contribution is 0.102. The normalized spacial score (nSPS) is 11.5. The van der Waals surface area contributed by atoms with Crippen molar-refractivity contribution in [2.75, 3.05) is 0 Å². The topological polar surface area (TPSA) is 116 Å². The summed E-state index contributed by atoms with van der Waals surface area (Å²) in [5.41, 5.74) is 6.03. The fraction of sp³-hybridized carbons (Fsp3) is 0.0455. The van der Waals surface area contributed by atoms with E-state index >= 15 is 0 Å². The highest BCUT2D eigenvalue weighted by Gasteiger charge is 2.17. The molecule has 0 radical (unpaired) electrons. The quantitative estimate of drug-likeness (QED) is 0.350. The maximum Gasteiger partial charge on any atom is 0.169 e. The zero-order valence-corrected chi connectivity index (χ0v) is 17.1. The van der Waals surface area contributed by atoms with Crippen molar-refractivity contribution in [2.24, 2.45) is 0 Å². The first-order valence-corrected chi connectivity index (χ1v) is 10.4. The molecule has 9 heteroatoms. The average Bonchev–Trinajstić information content (AvgIpc) is 3.58. The molecule has 5 aromatic heterocycles. The van der Waals surface area contributed by atoms with Crippen molar-refractivity contribution in [3.8, 4) is 33.1 Å². The van der Waals surface area contributed by atoms with Crippen LogP contribution in [0.3, 0.4) is 0 Å². The number of aromatic amines is 3. The highest BCUT2D eigenvalue weighted by molar-refractivity contribution is 7.17. The Bertz CT molecular complexity index is 1570. The molecule has 8 nitrogen and oxygen atoms in total. The first-order valence-electron chi connectivity index (χ1n) is 9.61. The number of hydrogen-bond acceptors (Lipinski definition) is 6. The summed E-state index contributed by atoms with van der Waals surface area (Å²) >= 11 is 1.46. The van der Waals surface area contributed by atoms with E-state index in [1.807, 2.05) is 36.5 Å². The number of ketones is 1. The minimum atomic E-state index is 0.0562. The van der Waals surface area contributed by atoms with Crippen LogP contribution in [-0.2, 0) is 0 Å². The molecule has 0 fully saturated rings. The molecule has 0 unspecified atom stereocenters. The summed E-state index contributed by atoms with van der Waals surface area (Å²) in [5, 5.41) is 15.4. The van der Waals surface area contributed by atoms with E-state index in [0.717, 1.165) is 48.6 Å². The number of carbonyl (C=O) groups is 1. The van der Waals surface area contributed by atoms with Crippen LogP contribution >= 0.6 is 11.3 Å². The van der Waals surface area contributed by atoms with Gasteiger partial charge in [0.05, 0.1) is 16.6 Å². The molecule has 0 amide bonds. The Balaban J connectivity index is 1.50. The molecule has 5 heterocycles. The van der Waals surface area contributed by atoms with E-state index in [2.05, 4.69) is 36.4 Å². The number of pyridine rings is 1. The van der Waals surface area contributed by atoms with Crippen LogP contribution in [-0.4, -0.2) is 41.1 Å². The Kier molecular flexibility index (Phi) is 3.84. The van der Waals surface area contributed by atoms with Crippen LogP contribution in [0.5, 0.6) is 0 Å². The van der Waals surface area contributed by atoms with Crippen molar-refractivity contribution in [3.05, 3.63) is 59.9 Å². The van der Waals surface area contributed by atoms with Crippen LogP contribution in [0.1, 0.15) is 16.6 Å². The summed E-state index contributed by atoms with van der Waals surface area (Å²) < 4.78 is 0. The van der Waals surface area contributed by atoms with Crippen molar-refractivity contribution in [1.29, 1.82) is 0 Å². The number of carbonyl (C=O) groups excluding carboxylic acids is 1. The van der Waals surface area contributed by atoms with Gasteiger partial charge in [0, 0.05) is 33.8 Å². The number of imidazole rings is 1. The number of thiophene rings is 1. The van der Waals surface area contributed by atoms with Crippen LogP contribution in [0.15, 0.2) is 55.0 Å². The fourth-order valence-electron chi connectivity index (χ4n) is 3.68. The standard InChI is InChI=1S/C22H15N7OS/c1-11(30)17-4-5-18(31-17)14-6-7-23-21-19(14)26-22(27-21)20-15-8-12(13-9-24-25-10-13)2-3-16(15)28-29-20/h2-10H,1H3,(H,24,25)(H,28,29)(H,23,26,27). The zero-order chi connectivity index (χ0) is 20.9. The van der Waals surface area contributed by atoms with Crippen LogP contribution in [0, 0.1) is 0 Å². The Morgan fingerprint density at radius 3 is 2.84 bits per heavy atom. The average molecular weight is 425 g/mol. The van der Waals surface area contributed by atoms with Crippen molar-refractivity contribution in [3.63, 3.8) is 0 Å². The lowest BCUT2D eigenvalue weighted by Gasteiger charge is -1.98. The number of nitrogens with one attached hydrogen (secondary N) is 3. The van der Waals surface area contributed by atoms with Crippen molar-refractivity contribution in [1.82, 2.24) is 35.3 Å². The summed E-state index contributed by atoms with van der Waals surface area (Å²) in [7, 11) is 0. The van der Waals surface area contributed by atoms with Gasteiger partial charge in [0.25, 0.3) is 0 Å². The van der Waals surface area contributed by atoms with Gasteiger partial charge in [0.1, 0.15) is 11.2 Å². The molecule has 0 spiro atoms. The number of fused-ring (bicyclic) bond motifs is 2. The molecule has 6 aromatic rings. The Morgan fingerprint density at radius 2 is 2.03 bits per heavy atom. The van der Waals surface area contributed by atoms with E-state index in [-0.39, 0.29) is 5.78 Å². The summed E-state index contributed by atoms with van der Waals surface area (Å²) in [6.07, 6.45) is 5.38. The van der Waals surface area contributed by atoms with Gasteiger partial charge >= 0.3 is 0 Å². The molecular formula is C22H15N7OS. The number of nitrogens with zero attached hydrogens (tertiary/aromatic N) is 4. The lowest BCUT2D eigenvalue weighted by atomic mass is 10.1. The lowest BCUT2D eigenvalue weighted by Crippen LogP contribution is -1.83. The summed E-state index contributed by atoms with van der Waals surface area (Å²) in [4.78, 5) is 26.0. The molecule has 31 heavy (non-hydrogen) atoms. The van der Waals surface area contributed by atoms with Gasteiger partial charge in [-0.05, 0) is 42.8 Å². The van der Waals surface area contributed by atoms with Crippen LogP contribution < -0.4 is 0 Å². The molecule has 6 rings (SSSR count). The fourth-order valence-corrected chi connectivity index (χ4v) is 4.60. The van der Waals surface area contributed by atoms with Gasteiger partial charge in [-0.15, -0.1) is 11.3 Å². The third kappa shape index (κ3) is 2.86. The molecule has 0 aliphatic carbocycles. The minimum absolute atomic E-state index is 0.0562. The van der Waals surface area contributed by atoms with Gasteiger partial charge < -0.3 is 4.98 Å². The highest BCUT2D eigenvalue weighted by atomic mass is 32.1. The first kappa shape index (κ1) is 17.7. The van der Waals surface area contributed by atoms with Gasteiger partial charge in [-0.3, -0.25) is 15.0 Å². The highest BCUT2D eigenvalue weighted by Crippen LogP contribution is 2.35. The zero-order valence-electron chi connectivity index (χ0n) is 16.3. The van der Waals surface area contributed by atoms with Gasteiger partial charge in [-0.1, -0.05) is 6.07 Å². The van der Waals surface area contributed by atoms with Crippen LogP contribution in [0.2, 0.25) is 0 Å². The number of aromatic nitrogens is 7. The van der Waals surface area contributed by atoms with E-state index in [4.69, 9.17) is 4.98 Å². The molecule has 150 valence electrons. The van der Waals surface area contributed by atoms with E-state index in [9.17, 15) is 4.79 Å². The number of hydrogen-bond donors (Lipinski definition) is 3. The van der Waals surface area contributed by atoms with Gasteiger partial charge in [0.15, 0.2) is 17.3 Å². The van der Waals surface area contributed by atoms with Gasteiger partial charge in [-0.2, -0.15) is 10.2 Å². The molecule has 0 bridgehead atoms. The third-order valence-corrected chi connectivity index (χ3v) is 6.44. The molecule has 0 saturated heterocycles. The summed E-state index contributed by atoms with van der Waals surface area (Å²) in [6, 6.07) is 11.8. The van der Waals surface area contributed by atoms with E-state index in [1.54, 1.807) is 19.3 Å². The third-order valence-electron chi connectivity index (χ3n) is 5.22. The number of rotatable bonds is 4. The second-order valence-electron chi connectivity index (χ2n) is 7.18. The van der Waals surface area contributed by atoms with E-state index in [1.165, 1.54) is 11.3 Å². The molecule has 0 aliphatic rings. The summed E-state index contributed by atoms with van der Waals surface area (Å²) in [5.74, 6) is 0.689. The maximum absolute atomic E-state index is 11.7. The minimum Gasteiger partial charge on any atom is -0.321 e. The Labute approximate surface area is 179 Å². The van der Waals surface area contributed by atoms with E-state index in [0.29, 0.717) is 11.5 Å².